The molecule has 1 aromatic carbocycles. The van der Waals surface area contributed by atoms with E-state index < -0.39 is 0 Å². The van der Waals surface area contributed by atoms with Crippen LogP contribution in [-0.2, 0) is 0 Å². The van der Waals surface area contributed by atoms with Gasteiger partial charge < -0.3 is 15.0 Å². The van der Waals surface area contributed by atoms with Gasteiger partial charge in [-0.3, -0.25) is 4.79 Å². The van der Waals surface area contributed by atoms with Gasteiger partial charge in [0.05, 0.1) is 18.5 Å². The second-order valence-corrected chi connectivity index (χ2v) is 7.87. The average molecular weight is 421 g/mol. The molecule has 1 aromatic heterocycles. The van der Waals surface area contributed by atoms with Crippen molar-refractivity contribution in [3.8, 4) is 11.4 Å². The van der Waals surface area contributed by atoms with Crippen LogP contribution >= 0.6 is 12.4 Å². The Hall–Kier alpha value is -2.05. The molecule has 1 aliphatic rings. The Morgan fingerprint density at radius 1 is 1.24 bits per heavy atom. The van der Waals surface area contributed by atoms with Crippen molar-refractivity contribution in [2.24, 2.45) is 11.8 Å². The summed E-state index contributed by atoms with van der Waals surface area (Å²) < 4.78 is 7.68. The minimum atomic E-state index is -0.0321. The highest BCUT2D eigenvalue weighted by Gasteiger charge is 2.28. The van der Waals surface area contributed by atoms with Crippen LogP contribution in [0, 0.1) is 11.8 Å². The highest BCUT2D eigenvalue weighted by Crippen LogP contribution is 2.25. The van der Waals surface area contributed by atoms with Crippen LogP contribution in [0.2, 0.25) is 0 Å². The summed E-state index contributed by atoms with van der Waals surface area (Å²) in [4.78, 5) is 15.1. The number of rotatable bonds is 8. The second kappa shape index (κ2) is 11.2. The molecule has 0 bridgehead atoms. The summed E-state index contributed by atoms with van der Waals surface area (Å²) in [6.45, 7) is 10.5. The molecule has 0 radical (unpaired) electrons. The Labute approximate surface area is 180 Å². The van der Waals surface area contributed by atoms with Crippen molar-refractivity contribution in [2.75, 3.05) is 32.8 Å². The Kier molecular flexibility index (Phi) is 8.99. The predicted molar refractivity (Wildman–Crippen MR) is 118 cm³/mol. The summed E-state index contributed by atoms with van der Waals surface area (Å²) in [5.41, 5.74) is 1.33. The van der Waals surface area contributed by atoms with E-state index in [1.165, 1.54) is 0 Å². The molecule has 1 amide bonds. The van der Waals surface area contributed by atoms with E-state index in [-0.39, 0.29) is 18.3 Å². The van der Waals surface area contributed by atoms with E-state index >= 15 is 0 Å². The molecular weight excluding hydrogens is 388 g/mol. The van der Waals surface area contributed by atoms with E-state index in [1.807, 2.05) is 41.4 Å². The Morgan fingerprint density at radius 3 is 2.55 bits per heavy atom. The molecule has 6 nitrogen and oxygen atoms in total. The van der Waals surface area contributed by atoms with Crippen LogP contribution in [0.15, 0.2) is 36.5 Å². The third-order valence-electron chi connectivity index (χ3n) is 5.06. The Morgan fingerprint density at radius 2 is 1.93 bits per heavy atom. The maximum Gasteiger partial charge on any atom is 0.278 e. The van der Waals surface area contributed by atoms with Crippen LogP contribution in [0.25, 0.3) is 5.69 Å². The summed E-state index contributed by atoms with van der Waals surface area (Å²) in [5, 5.41) is 8.00. The summed E-state index contributed by atoms with van der Waals surface area (Å²) >= 11 is 0. The normalized spacial score (nSPS) is 14.7. The van der Waals surface area contributed by atoms with Crippen molar-refractivity contribution in [3.05, 3.63) is 42.2 Å². The number of para-hydroxylation sites is 1. The summed E-state index contributed by atoms with van der Waals surface area (Å²) in [6.07, 6.45) is 3.88. The largest absolute Gasteiger partial charge is 0.489 e. The number of aromatic nitrogens is 2. The quantitative estimate of drug-likeness (QED) is 0.705. The van der Waals surface area contributed by atoms with E-state index in [4.69, 9.17) is 4.74 Å². The number of hydrogen-bond donors (Lipinski definition) is 1. The molecule has 0 spiro atoms. The van der Waals surface area contributed by atoms with E-state index in [9.17, 15) is 4.79 Å². The summed E-state index contributed by atoms with van der Waals surface area (Å²) in [7, 11) is 0. The number of nitrogens with one attached hydrogen (secondary N) is 1. The van der Waals surface area contributed by atoms with E-state index in [2.05, 4.69) is 31.2 Å². The lowest BCUT2D eigenvalue weighted by molar-refractivity contribution is 0.0679. The fourth-order valence-electron chi connectivity index (χ4n) is 3.42. The van der Waals surface area contributed by atoms with Gasteiger partial charge in [-0.2, -0.15) is 5.10 Å². The average Bonchev–Trinajstić information content (AvgIpc) is 3.15. The second-order valence-electron chi connectivity index (χ2n) is 7.87. The van der Waals surface area contributed by atoms with Gasteiger partial charge in [0, 0.05) is 13.1 Å². The predicted octanol–water partition coefficient (Wildman–Crippen LogP) is 3.79. The lowest BCUT2D eigenvalue weighted by Crippen LogP contribution is -2.41. The number of piperidine rings is 1. The van der Waals surface area contributed by atoms with Gasteiger partial charge in [-0.05, 0) is 49.9 Å². The molecule has 1 N–H and O–H groups in total. The minimum Gasteiger partial charge on any atom is -0.489 e. The zero-order valence-corrected chi connectivity index (χ0v) is 18.5. The Bertz CT molecular complexity index is 755. The molecular formula is C22H33ClN4O2. The fourth-order valence-corrected chi connectivity index (χ4v) is 3.42. The summed E-state index contributed by atoms with van der Waals surface area (Å²) in [5.74, 6) is 1.56. The first-order valence-corrected chi connectivity index (χ1v) is 10.4. The standard InChI is InChI=1S/C22H32N4O2.ClH/c1-4-23-14-18-10-12-25(13-11-18)22(27)21-20(28-16-17(2)3)15-26(24-21)19-8-6-5-7-9-19;/h5-9,15,17-18,23H,4,10-14,16H2,1-3H3;1H. The van der Waals surface area contributed by atoms with Gasteiger partial charge in [0.25, 0.3) is 5.91 Å². The van der Waals surface area contributed by atoms with E-state index in [0.29, 0.717) is 29.9 Å². The number of likely N-dealkylation sites (tertiary alicyclic amines) is 1. The lowest BCUT2D eigenvalue weighted by atomic mass is 9.96. The van der Waals surface area contributed by atoms with Crippen LogP contribution in [0.1, 0.15) is 44.1 Å². The zero-order valence-electron chi connectivity index (χ0n) is 17.6. The number of ether oxygens (including phenoxy) is 1. The van der Waals surface area contributed by atoms with Crippen molar-refractivity contribution >= 4 is 18.3 Å². The van der Waals surface area contributed by atoms with Crippen molar-refractivity contribution in [1.29, 1.82) is 0 Å². The molecule has 3 rings (SSSR count). The minimum absolute atomic E-state index is 0. The van der Waals surface area contributed by atoms with E-state index in [1.54, 1.807) is 4.68 Å². The molecule has 0 saturated carbocycles. The van der Waals surface area contributed by atoms with Crippen LogP contribution in [0.5, 0.6) is 5.75 Å². The van der Waals surface area contributed by atoms with Crippen molar-refractivity contribution in [1.82, 2.24) is 20.0 Å². The number of amides is 1. The first-order chi connectivity index (χ1) is 13.6. The molecule has 2 heterocycles. The number of nitrogens with zero attached hydrogens (tertiary/aromatic N) is 3. The molecule has 7 heteroatoms. The van der Waals surface area contributed by atoms with Gasteiger partial charge in [-0.15, -0.1) is 12.4 Å². The van der Waals surface area contributed by atoms with E-state index in [0.717, 1.165) is 44.7 Å². The van der Waals surface area contributed by atoms with Crippen LogP contribution in [-0.4, -0.2) is 53.4 Å². The molecule has 0 aliphatic carbocycles. The van der Waals surface area contributed by atoms with Crippen molar-refractivity contribution in [2.45, 2.75) is 33.6 Å². The Balaban J connectivity index is 0.00000300. The third kappa shape index (κ3) is 6.21. The molecule has 0 atom stereocenters. The highest BCUT2D eigenvalue weighted by atomic mass is 35.5. The monoisotopic (exact) mass is 420 g/mol. The van der Waals surface area contributed by atoms with Crippen molar-refractivity contribution in [3.63, 3.8) is 0 Å². The van der Waals surface area contributed by atoms with Gasteiger partial charge >= 0.3 is 0 Å². The fraction of sp³-hybridized carbons (Fsp3) is 0.545. The number of halogens is 1. The molecule has 0 unspecified atom stereocenters. The SMILES string of the molecule is CCNCC1CCN(C(=O)c2nn(-c3ccccc3)cc2OCC(C)C)CC1.Cl. The van der Waals surface area contributed by atoms with Gasteiger partial charge in [-0.1, -0.05) is 39.0 Å². The highest BCUT2D eigenvalue weighted by molar-refractivity contribution is 5.95. The van der Waals surface area contributed by atoms with Gasteiger partial charge in [0.15, 0.2) is 11.4 Å². The number of carbonyl (C=O) groups is 1. The summed E-state index contributed by atoms with van der Waals surface area (Å²) in [6, 6.07) is 9.83. The van der Waals surface area contributed by atoms with Gasteiger partial charge in [-0.25, -0.2) is 4.68 Å². The first kappa shape index (κ1) is 23.2. The van der Waals surface area contributed by atoms with Crippen LogP contribution in [0.4, 0.5) is 0 Å². The number of hydrogen-bond acceptors (Lipinski definition) is 4. The maximum absolute atomic E-state index is 13.2. The smallest absolute Gasteiger partial charge is 0.278 e. The number of carbonyl (C=O) groups excluding carboxylic acids is 1. The van der Waals surface area contributed by atoms with Gasteiger partial charge in [0.2, 0.25) is 0 Å². The molecule has 160 valence electrons. The lowest BCUT2D eigenvalue weighted by Gasteiger charge is -2.31. The van der Waals surface area contributed by atoms with Crippen LogP contribution < -0.4 is 10.1 Å². The zero-order chi connectivity index (χ0) is 19.9. The van der Waals surface area contributed by atoms with Crippen LogP contribution in [0.3, 0.4) is 0 Å². The van der Waals surface area contributed by atoms with Gasteiger partial charge in [0.1, 0.15) is 0 Å². The first-order valence-electron chi connectivity index (χ1n) is 10.4. The van der Waals surface area contributed by atoms with Crippen molar-refractivity contribution < 1.29 is 9.53 Å². The number of benzene rings is 1. The third-order valence-corrected chi connectivity index (χ3v) is 5.06. The maximum atomic E-state index is 13.2. The molecule has 1 saturated heterocycles. The topological polar surface area (TPSA) is 59.4 Å². The molecule has 1 aliphatic heterocycles. The molecule has 29 heavy (non-hydrogen) atoms. The molecule has 1 fully saturated rings. The molecule has 2 aromatic rings.